The van der Waals surface area contributed by atoms with Gasteiger partial charge in [-0.05, 0) is 37.7 Å². The smallest absolute Gasteiger partial charge is 0.148 e. The summed E-state index contributed by atoms with van der Waals surface area (Å²) < 4.78 is 22.6. The number of nitrogens with one attached hydrogen (secondary N) is 1. The largest absolute Gasteiger partial charge is 0.367 e. The summed E-state index contributed by atoms with van der Waals surface area (Å²) in [6.45, 7) is 2.51. The highest BCUT2D eigenvalue weighted by molar-refractivity contribution is 7.90. The summed E-state index contributed by atoms with van der Waals surface area (Å²) in [5, 5.41) is 4.88. The topological polar surface area (TPSA) is 75.2 Å². The maximum atomic E-state index is 11.3. The molecule has 2 aliphatic rings. The monoisotopic (exact) mass is 380 g/mol. The number of hydrogen-bond donors (Lipinski definition) is 1. The molecule has 3 heterocycles. The molecule has 6 nitrogen and oxygen atoms in total. The molecule has 0 bridgehead atoms. The molecule has 25 heavy (non-hydrogen) atoms. The predicted molar refractivity (Wildman–Crippen MR) is 102 cm³/mol. The molecule has 0 amide bonds. The van der Waals surface area contributed by atoms with Crippen molar-refractivity contribution >= 4 is 37.2 Å². The Kier molecular flexibility index (Phi) is 4.68. The van der Waals surface area contributed by atoms with Gasteiger partial charge in [0.05, 0.1) is 11.1 Å². The Hall–Kier alpha value is -1.25. The summed E-state index contributed by atoms with van der Waals surface area (Å²) in [5.74, 6) is 1.23. The van der Waals surface area contributed by atoms with Gasteiger partial charge in [0.2, 0.25) is 0 Å². The molecule has 0 radical (unpaired) electrons. The van der Waals surface area contributed by atoms with Crippen LogP contribution in [-0.2, 0) is 22.7 Å². The number of thiophene rings is 1. The van der Waals surface area contributed by atoms with E-state index in [1.807, 2.05) is 11.3 Å². The van der Waals surface area contributed by atoms with E-state index in [4.69, 9.17) is 0 Å². The van der Waals surface area contributed by atoms with E-state index in [2.05, 4.69) is 20.2 Å². The van der Waals surface area contributed by atoms with Crippen LogP contribution in [0.15, 0.2) is 6.33 Å². The van der Waals surface area contributed by atoms with E-state index in [-0.39, 0.29) is 5.75 Å². The zero-order chi connectivity index (χ0) is 17.4. The van der Waals surface area contributed by atoms with Crippen LogP contribution >= 0.6 is 11.3 Å². The minimum atomic E-state index is -2.88. The summed E-state index contributed by atoms with van der Waals surface area (Å²) in [6, 6.07) is 0.393. The normalized spacial score (nSPS) is 19.4. The van der Waals surface area contributed by atoms with Gasteiger partial charge in [0, 0.05) is 36.8 Å². The van der Waals surface area contributed by atoms with E-state index >= 15 is 0 Å². The molecule has 0 saturated carbocycles. The fourth-order valence-electron chi connectivity index (χ4n) is 3.83. The third-order valence-electron chi connectivity index (χ3n) is 5.21. The van der Waals surface area contributed by atoms with Crippen molar-refractivity contribution < 1.29 is 8.42 Å². The highest BCUT2D eigenvalue weighted by atomic mass is 32.2. The first-order valence-corrected chi connectivity index (χ1v) is 11.8. The second kappa shape index (κ2) is 6.81. The Bertz CT molecular complexity index is 870. The lowest BCUT2D eigenvalue weighted by molar-refractivity contribution is 0.230. The van der Waals surface area contributed by atoms with Crippen LogP contribution < -0.4 is 5.32 Å². The molecule has 0 spiro atoms. The number of anilines is 1. The van der Waals surface area contributed by atoms with Gasteiger partial charge in [-0.2, -0.15) is 0 Å². The Morgan fingerprint density at radius 2 is 2.08 bits per heavy atom. The molecule has 0 atom stereocenters. The Morgan fingerprint density at radius 1 is 1.28 bits per heavy atom. The number of nitrogens with zero attached hydrogens (tertiary/aromatic N) is 3. The number of fused-ring (bicyclic) bond motifs is 3. The van der Waals surface area contributed by atoms with Crippen LogP contribution in [0.2, 0.25) is 0 Å². The highest BCUT2D eigenvalue weighted by Crippen LogP contribution is 2.39. The summed E-state index contributed by atoms with van der Waals surface area (Å²) >= 11 is 1.82. The second-order valence-electron chi connectivity index (χ2n) is 7.15. The minimum absolute atomic E-state index is 0.249. The van der Waals surface area contributed by atoms with Crippen molar-refractivity contribution in [2.24, 2.45) is 0 Å². The maximum Gasteiger partial charge on any atom is 0.148 e. The first-order valence-electron chi connectivity index (χ1n) is 8.91. The lowest BCUT2D eigenvalue weighted by atomic mass is 10.0. The highest BCUT2D eigenvalue weighted by Gasteiger charge is 2.24. The van der Waals surface area contributed by atoms with Crippen LogP contribution in [0.25, 0.3) is 10.2 Å². The molecule has 1 saturated heterocycles. The number of sulfone groups is 1. The molecule has 8 heteroatoms. The Morgan fingerprint density at radius 3 is 2.84 bits per heavy atom. The first-order chi connectivity index (χ1) is 12.0. The second-order valence-corrected chi connectivity index (χ2v) is 10.5. The van der Waals surface area contributed by atoms with Gasteiger partial charge >= 0.3 is 0 Å². The van der Waals surface area contributed by atoms with E-state index in [0.29, 0.717) is 12.6 Å². The number of aryl methyl sites for hydroxylation is 2. The molecular weight excluding hydrogens is 356 g/mol. The van der Waals surface area contributed by atoms with Crippen LogP contribution in [0, 0.1) is 0 Å². The number of hydrogen-bond acceptors (Lipinski definition) is 7. The minimum Gasteiger partial charge on any atom is -0.367 e. The molecule has 0 unspecified atom stereocenters. The Labute approximate surface area is 152 Å². The lowest BCUT2D eigenvalue weighted by Gasteiger charge is -2.32. The number of rotatable bonds is 5. The van der Waals surface area contributed by atoms with Gasteiger partial charge < -0.3 is 10.2 Å². The number of piperidine rings is 1. The van der Waals surface area contributed by atoms with E-state index < -0.39 is 9.84 Å². The van der Waals surface area contributed by atoms with E-state index in [1.54, 1.807) is 6.33 Å². The molecule has 136 valence electrons. The fourth-order valence-corrected chi connectivity index (χ4v) is 5.65. The standard InChI is InChI=1S/C17H24N4O2S2/c1-25(22,23)10-9-21-7-5-12(6-8-21)20-16-15-13-3-2-4-14(13)24-17(15)19-11-18-16/h11-12H,2-10H2,1H3,(H,18,19,20). The van der Waals surface area contributed by atoms with Crippen molar-refractivity contribution in [3.05, 3.63) is 16.8 Å². The van der Waals surface area contributed by atoms with Gasteiger partial charge in [-0.15, -0.1) is 11.3 Å². The molecule has 0 aromatic carbocycles. The van der Waals surface area contributed by atoms with Crippen molar-refractivity contribution in [1.29, 1.82) is 0 Å². The summed E-state index contributed by atoms with van der Waals surface area (Å²) in [4.78, 5) is 13.8. The average molecular weight is 381 g/mol. The van der Waals surface area contributed by atoms with Crippen LogP contribution in [0.4, 0.5) is 5.82 Å². The summed E-state index contributed by atoms with van der Waals surface area (Å²) in [5.41, 5.74) is 1.45. The van der Waals surface area contributed by atoms with Crippen LogP contribution in [0.3, 0.4) is 0 Å². The Balaban J connectivity index is 1.42. The fraction of sp³-hybridized carbons (Fsp3) is 0.647. The van der Waals surface area contributed by atoms with Crippen molar-refractivity contribution in [3.63, 3.8) is 0 Å². The van der Waals surface area contributed by atoms with Gasteiger partial charge in [-0.3, -0.25) is 0 Å². The van der Waals surface area contributed by atoms with Crippen molar-refractivity contribution in [1.82, 2.24) is 14.9 Å². The molecule has 2 aromatic heterocycles. The molecular formula is C17H24N4O2S2. The number of aromatic nitrogens is 2. The maximum absolute atomic E-state index is 11.3. The first kappa shape index (κ1) is 17.2. The van der Waals surface area contributed by atoms with Crippen molar-refractivity contribution in [2.45, 2.75) is 38.1 Å². The third-order valence-corrected chi connectivity index (χ3v) is 7.33. The number of likely N-dealkylation sites (tertiary alicyclic amines) is 1. The predicted octanol–water partition coefficient (Wildman–Crippen LogP) is 2.10. The van der Waals surface area contributed by atoms with E-state index in [1.165, 1.54) is 34.9 Å². The quantitative estimate of drug-likeness (QED) is 0.856. The summed E-state index contributed by atoms with van der Waals surface area (Å²) in [7, 11) is -2.88. The van der Waals surface area contributed by atoms with E-state index in [0.717, 1.165) is 43.0 Å². The molecule has 1 fully saturated rings. The van der Waals surface area contributed by atoms with Gasteiger partial charge in [0.15, 0.2) is 0 Å². The van der Waals surface area contributed by atoms with Gasteiger partial charge in [0.1, 0.15) is 26.8 Å². The van der Waals surface area contributed by atoms with Crippen LogP contribution in [0.1, 0.15) is 29.7 Å². The van der Waals surface area contributed by atoms with Crippen LogP contribution in [0.5, 0.6) is 0 Å². The zero-order valence-corrected chi connectivity index (χ0v) is 16.1. The lowest BCUT2D eigenvalue weighted by Crippen LogP contribution is -2.41. The molecule has 1 N–H and O–H groups in total. The van der Waals surface area contributed by atoms with Gasteiger partial charge in [0.25, 0.3) is 0 Å². The van der Waals surface area contributed by atoms with Crippen molar-refractivity contribution in [2.75, 3.05) is 37.0 Å². The zero-order valence-electron chi connectivity index (χ0n) is 14.5. The third kappa shape index (κ3) is 3.80. The van der Waals surface area contributed by atoms with Gasteiger partial charge in [-0.25, -0.2) is 18.4 Å². The molecule has 1 aliphatic carbocycles. The molecule has 4 rings (SSSR count). The average Bonchev–Trinajstić information content (AvgIpc) is 3.14. The SMILES string of the molecule is CS(=O)(=O)CCN1CCC(Nc2ncnc3sc4c(c23)CCC4)CC1. The van der Waals surface area contributed by atoms with Gasteiger partial charge in [-0.1, -0.05) is 0 Å². The van der Waals surface area contributed by atoms with Crippen molar-refractivity contribution in [3.8, 4) is 0 Å². The molecule has 2 aromatic rings. The summed E-state index contributed by atoms with van der Waals surface area (Å²) in [6.07, 6.45) is 8.56. The van der Waals surface area contributed by atoms with E-state index in [9.17, 15) is 8.42 Å². The molecule has 1 aliphatic heterocycles. The van der Waals surface area contributed by atoms with Crippen LogP contribution in [-0.4, -0.2) is 61.0 Å².